The molecule has 204 valence electrons. The summed E-state index contributed by atoms with van der Waals surface area (Å²) in [4.78, 5) is 23.6. The van der Waals surface area contributed by atoms with E-state index in [4.69, 9.17) is 14.2 Å². The number of nitrogens with zero attached hydrogens (tertiary/aromatic N) is 2. The number of nitriles is 2. The van der Waals surface area contributed by atoms with Crippen LogP contribution in [-0.2, 0) is 36.6 Å². The summed E-state index contributed by atoms with van der Waals surface area (Å²) in [5, 5.41) is 18.4. The van der Waals surface area contributed by atoms with E-state index < -0.39 is 11.9 Å². The minimum Gasteiger partial charge on any atom is -0.462 e. The second-order valence-corrected chi connectivity index (χ2v) is 9.42. The molecule has 0 aromatic heterocycles. The molecule has 0 radical (unpaired) electrons. The van der Waals surface area contributed by atoms with Crippen LogP contribution in [0.25, 0.3) is 12.2 Å². The third-order valence-electron chi connectivity index (χ3n) is 5.79. The molecule has 0 amide bonds. The largest absolute Gasteiger partial charge is 0.462 e. The Morgan fingerprint density at radius 1 is 0.718 bits per heavy atom. The molecule has 2 unspecified atom stereocenters. The monoisotopic (exact) mass is 528 g/mol. The van der Waals surface area contributed by atoms with Crippen molar-refractivity contribution in [3.05, 3.63) is 81.9 Å². The number of esters is 2. The molecular formula is C32H36N2O5. The van der Waals surface area contributed by atoms with Crippen LogP contribution in [0.3, 0.4) is 0 Å². The standard InChI is InChI=1S/C32H36N2O5/c1-5-38-31(35)29(19-33)17-27-11-7-25(8-12-27)15-23(3)21-37-22-24(4)16-26-9-13-28(14-10-26)18-30(20-34)32(36)39-6-2/h7-14,17-18,23-24H,5-6,15-16,21-22H2,1-4H3/b29-17+,30-18+. The Morgan fingerprint density at radius 2 is 1.08 bits per heavy atom. The van der Waals surface area contributed by atoms with E-state index >= 15 is 0 Å². The van der Waals surface area contributed by atoms with Gasteiger partial charge in [-0.1, -0.05) is 62.4 Å². The molecule has 0 aliphatic heterocycles. The molecule has 0 heterocycles. The molecule has 2 aromatic carbocycles. The molecule has 7 nitrogen and oxygen atoms in total. The number of ether oxygens (including phenoxy) is 3. The Kier molecular flexibility index (Phi) is 13.2. The van der Waals surface area contributed by atoms with E-state index in [0.717, 1.165) is 35.1 Å². The van der Waals surface area contributed by atoms with Crippen molar-refractivity contribution < 1.29 is 23.8 Å². The summed E-state index contributed by atoms with van der Waals surface area (Å²) in [6.45, 7) is 9.43. The Balaban J connectivity index is 1.80. The van der Waals surface area contributed by atoms with Gasteiger partial charge in [-0.15, -0.1) is 0 Å². The fourth-order valence-electron chi connectivity index (χ4n) is 3.92. The molecule has 0 spiro atoms. The molecule has 39 heavy (non-hydrogen) atoms. The van der Waals surface area contributed by atoms with Gasteiger partial charge >= 0.3 is 11.9 Å². The zero-order valence-electron chi connectivity index (χ0n) is 23.1. The summed E-state index contributed by atoms with van der Waals surface area (Å²) in [7, 11) is 0. The first-order chi connectivity index (χ1) is 18.8. The lowest BCUT2D eigenvalue weighted by molar-refractivity contribution is -0.138. The van der Waals surface area contributed by atoms with Crippen LogP contribution in [0.4, 0.5) is 0 Å². The van der Waals surface area contributed by atoms with Crippen LogP contribution in [0, 0.1) is 34.5 Å². The number of benzene rings is 2. The second-order valence-electron chi connectivity index (χ2n) is 9.42. The van der Waals surface area contributed by atoms with Crippen LogP contribution >= 0.6 is 0 Å². The first kappa shape index (κ1) is 31.0. The van der Waals surface area contributed by atoms with Crippen LogP contribution in [0.15, 0.2) is 59.7 Å². The van der Waals surface area contributed by atoms with Gasteiger partial charge in [-0.2, -0.15) is 10.5 Å². The Bertz CT molecular complexity index is 1130. The lowest BCUT2D eigenvalue weighted by Gasteiger charge is -2.16. The molecule has 0 bridgehead atoms. The third-order valence-corrected chi connectivity index (χ3v) is 5.79. The number of hydrogen-bond donors (Lipinski definition) is 0. The predicted octanol–water partition coefficient (Wildman–Crippen LogP) is 5.70. The van der Waals surface area contributed by atoms with E-state index in [0.29, 0.717) is 25.0 Å². The minimum absolute atomic E-state index is 0.0181. The van der Waals surface area contributed by atoms with Crippen LogP contribution in [0.5, 0.6) is 0 Å². The number of rotatable bonds is 14. The summed E-state index contributed by atoms with van der Waals surface area (Å²) in [6.07, 6.45) is 4.78. The van der Waals surface area contributed by atoms with Gasteiger partial charge in [0.2, 0.25) is 0 Å². The zero-order chi connectivity index (χ0) is 28.6. The summed E-state index contributed by atoms with van der Waals surface area (Å²) in [5.41, 5.74) is 3.82. The fourth-order valence-corrected chi connectivity index (χ4v) is 3.92. The highest BCUT2D eigenvalue weighted by Crippen LogP contribution is 2.16. The normalized spacial score (nSPS) is 13.1. The van der Waals surface area contributed by atoms with Crippen molar-refractivity contribution in [2.75, 3.05) is 26.4 Å². The maximum absolute atomic E-state index is 11.8. The van der Waals surface area contributed by atoms with Gasteiger partial charge < -0.3 is 14.2 Å². The second kappa shape index (κ2) is 16.6. The highest BCUT2D eigenvalue weighted by Gasteiger charge is 2.12. The molecule has 0 saturated carbocycles. The molecule has 0 aliphatic carbocycles. The molecule has 0 N–H and O–H groups in total. The van der Waals surface area contributed by atoms with E-state index in [1.54, 1.807) is 13.8 Å². The van der Waals surface area contributed by atoms with Gasteiger partial charge in [-0.05, 0) is 72.9 Å². The van der Waals surface area contributed by atoms with Gasteiger partial charge in [0.15, 0.2) is 0 Å². The average Bonchev–Trinajstić information content (AvgIpc) is 2.92. The lowest BCUT2D eigenvalue weighted by atomic mass is 9.99. The summed E-state index contributed by atoms with van der Waals surface area (Å²) in [6, 6.07) is 19.3. The smallest absolute Gasteiger partial charge is 0.348 e. The van der Waals surface area contributed by atoms with Crippen LogP contribution in [-0.4, -0.2) is 38.4 Å². The zero-order valence-corrected chi connectivity index (χ0v) is 23.1. The van der Waals surface area contributed by atoms with E-state index in [1.165, 1.54) is 12.2 Å². The maximum atomic E-state index is 11.8. The molecule has 0 fully saturated rings. The lowest BCUT2D eigenvalue weighted by Crippen LogP contribution is -2.14. The van der Waals surface area contributed by atoms with Gasteiger partial charge in [0.1, 0.15) is 23.3 Å². The van der Waals surface area contributed by atoms with Crippen molar-refractivity contribution >= 4 is 24.1 Å². The molecule has 2 aromatic rings. The number of carbonyl (C=O) groups is 2. The average molecular weight is 529 g/mol. The highest BCUT2D eigenvalue weighted by molar-refractivity contribution is 5.98. The summed E-state index contributed by atoms with van der Waals surface area (Å²) >= 11 is 0. The first-order valence-corrected chi connectivity index (χ1v) is 13.1. The summed E-state index contributed by atoms with van der Waals surface area (Å²) in [5.74, 6) is -0.572. The van der Waals surface area contributed by atoms with Gasteiger partial charge in [-0.3, -0.25) is 0 Å². The molecular weight excluding hydrogens is 492 g/mol. The van der Waals surface area contributed by atoms with Gasteiger partial charge in [0, 0.05) is 13.2 Å². The Labute approximate surface area is 231 Å². The van der Waals surface area contributed by atoms with Crippen LogP contribution in [0.1, 0.15) is 49.9 Å². The van der Waals surface area contributed by atoms with E-state index in [-0.39, 0.29) is 24.4 Å². The van der Waals surface area contributed by atoms with Gasteiger partial charge in [0.05, 0.1) is 13.2 Å². The van der Waals surface area contributed by atoms with Crippen LogP contribution in [0.2, 0.25) is 0 Å². The fraction of sp³-hybridized carbons (Fsp3) is 0.375. The van der Waals surface area contributed by atoms with Crippen LogP contribution < -0.4 is 0 Å². The molecule has 7 heteroatoms. The topological polar surface area (TPSA) is 109 Å². The number of hydrogen-bond acceptors (Lipinski definition) is 7. The Hall–Kier alpha value is -4.20. The van der Waals surface area contributed by atoms with Crippen molar-refractivity contribution in [3.8, 4) is 12.1 Å². The quantitative estimate of drug-likeness (QED) is 0.176. The van der Waals surface area contributed by atoms with E-state index in [1.807, 2.05) is 60.7 Å². The predicted molar refractivity (Wildman–Crippen MR) is 150 cm³/mol. The van der Waals surface area contributed by atoms with Crippen molar-refractivity contribution in [3.63, 3.8) is 0 Å². The van der Waals surface area contributed by atoms with Crippen molar-refractivity contribution in [1.29, 1.82) is 10.5 Å². The SMILES string of the molecule is CCOC(=O)/C(C#N)=C/c1ccc(CC(C)COCC(C)Cc2ccc(/C=C(\C#N)C(=O)OCC)cc2)cc1. The number of carbonyl (C=O) groups excluding carboxylic acids is 2. The van der Waals surface area contributed by atoms with E-state index in [9.17, 15) is 20.1 Å². The summed E-state index contributed by atoms with van der Waals surface area (Å²) < 4.78 is 15.8. The third kappa shape index (κ3) is 11.0. The van der Waals surface area contributed by atoms with E-state index in [2.05, 4.69) is 13.8 Å². The van der Waals surface area contributed by atoms with Gasteiger partial charge in [-0.25, -0.2) is 9.59 Å². The van der Waals surface area contributed by atoms with Crippen molar-refractivity contribution in [2.24, 2.45) is 11.8 Å². The molecule has 0 saturated heterocycles. The van der Waals surface area contributed by atoms with Crippen molar-refractivity contribution in [2.45, 2.75) is 40.5 Å². The van der Waals surface area contributed by atoms with Gasteiger partial charge in [0.25, 0.3) is 0 Å². The minimum atomic E-state index is -0.613. The Morgan fingerprint density at radius 3 is 1.38 bits per heavy atom. The molecule has 2 rings (SSSR count). The molecule has 0 aliphatic rings. The maximum Gasteiger partial charge on any atom is 0.348 e. The highest BCUT2D eigenvalue weighted by atomic mass is 16.5. The van der Waals surface area contributed by atoms with Crippen molar-refractivity contribution in [1.82, 2.24) is 0 Å². The molecule has 2 atom stereocenters. The first-order valence-electron chi connectivity index (χ1n) is 13.1.